The molecule has 7 heteroatoms. The van der Waals surface area contributed by atoms with Crippen LogP contribution in [0.15, 0.2) is 85.2 Å². The molecule has 1 aromatic heterocycles. The van der Waals surface area contributed by atoms with Gasteiger partial charge in [-0.3, -0.25) is 4.79 Å². The number of nitrogens with zero attached hydrogens (tertiary/aromatic N) is 2. The first-order valence-corrected chi connectivity index (χ1v) is 10.2. The smallest absolute Gasteiger partial charge is 0.251 e. The van der Waals surface area contributed by atoms with Crippen molar-refractivity contribution in [2.24, 2.45) is 0 Å². The molecule has 3 aromatic carbocycles. The van der Waals surface area contributed by atoms with Gasteiger partial charge in [-0.1, -0.05) is 42.5 Å². The van der Waals surface area contributed by atoms with Crippen molar-refractivity contribution in [1.29, 1.82) is 0 Å². The van der Waals surface area contributed by atoms with Crippen LogP contribution < -0.4 is 20.1 Å². The van der Waals surface area contributed by atoms with Crippen molar-refractivity contribution in [3.8, 4) is 22.8 Å². The number of carbonyl (C=O) groups is 1. The summed E-state index contributed by atoms with van der Waals surface area (Å²) < 4.78 is 10.7. The van der Waals surface area contributed by atoms with E-state index in [-0.39, 0.29) is 12.7 Å². The summed E-state index contributed by atoms with van der Waals surface area (Å²) in [5.41, 5.74) is 4.08. The normalized spacial score (nSPS) is 11.8. The molecule has 2 heterocycles. The maximum atomic E-state index is 12.7. The molecule has 7 nitrogen and oxygen atoms in total. The Kier molecular flexibility index (Phi) is 5.36. The molecule has 5 rings (SSSR count). The van der Waals surface area contributed by atoms with E-state index in [1.165, 1.54) is 6.33 Å². The van der Waals surface area contributed by atoms with E-state index in [1.54, 1.807) is 12.1 Å². The maximum absolute atomic E-state index is 12.7. The number of aromatic nitrogens is 2. The van der Waals surface area contributed by atoms with Crippen LogP contribution in [0, 0.1) is 0 Å². The molecule has 0 saturated carbocycles. The third kappa shape index (κ3) is 4.37. The number of hydrogen-bond acceptors (Lipinski definition) is 6. The van der Waals surface area contributed by atoms with Gasteiger partial charge in [0, 0.05) is 29.4 Å². The van der Waals surface area contributed by atoms with E-state index >= 15 is 0 Å². The summed E-state index contributed by atoms with van der Waals surface area (Å²) in [5, 5.41) is 6.19. The van der Waals surface area contributed by atoms with Gasteiger partial charge >= 0.3 is 0 Å². The zero-order valence-corrected chi connectivity index (χ0v) is 17.1. The molecule has 0 aliphatic carbocycles. The van der Waals surface area contributed by atoms with Gasteiger partial charge in [-0.2, -0.15) is 0 Å². The third-order valence-electron chi connectivity index (χ3n) is 5.02. The molecule has 4 aromatic rings. The lowest BCUT2D eigenvalue weighted by Crippen LogP contribution is -2.22. The molecular formula is C25H20N4O3. The van der Waals surface area contributed by atoms with Gasteiger partial charge < -0.3 is 20.1 Å². The number of fused-ring (bicyclic) bond motifs is 1. The van der Waals surface area contributed by atoms with Gasteiger partial charge in [0.2, 0.25) is 6.79 Å². The molecular weight excluding hydrogens is 404 g/mol. The standard InChI is InChI=1S/C25H20N4O3/c30-25(26-14-17-9-10-22-23(11-17)32-16-31-22)19-7-4-8-20(12-19)29-24-13-21(27-15-28-24)18-5-2-1-3-6-18/h1-13,15H,14,16H2,(H,26,30)(H,27,28,29). The van der Waals surface area contributed by atoms with Gasteiger partial charge in [0.15, 0.2) is 11.5 Å². The van der Waals surface area contributed by atoms with Gasteiger partial charge in [0.25, 0.3) is 5.91 Å². The minimum absolute atomic E-state index is 0.168. The van der Waals surface area contributed by atoms with Crippen molar-refractivity contribution in [1.82, 2.24) is 15.3 Å². The van der Waals surface area contributed by atoms with E-state index in [2.05, 4.69) is 20.6 Å². The Morgan fingerprint density at radius 1 is 0.875 bits per heavy atom. The summed E-state index contributed by atoms with van der Waals surface area (Å²) in [6.07, 6.45) is 1.52. The first-order valence-electron chi connectivity index (χ1n) is 10.2. The lowest BCUT2D eigenvalue weighted by Gasteiger charge is -2.10. The number of carbonyl (C=O) groups excluding carboxylic acids is 1. The summed E-state index contributed by atoms with van der Waals surface area (Å²) in [5.74, 6) is 1.90. The number of hydrogen-bond donors (Lipinski definition) is 2. The monoisotopic (exact) mass is 424 g/mol. The summed E-state index contributed by atoms with van der Waals surface area (Å²) >= 11 is 0. The van der Waals surface area contributed by atoms with Crippen molar-refractivity contribution in [3.63, 3.8) is 0 Å². The Bertz CT molecular complexity index is 1260. The predicted octanol–water partition coefficient (Wildman–Crippen LogP) is 4.55. The summed E-state index contributed by atoms with van der Waals surface area (Å²) in [6.45, 7) is 0.615. The third-order valence-corrected chi connectivity index (χ3v) is 5.02. The summed E-state index contributed by atoms with van der Waals surface area (Å²) in [4.78, 5) is 21.3. The number of anilines is 2. The second-order valence-electron chi connectivity index (χ2n) is 7.23. The van der Waals surface area contributed by atoms with E-state index in [9.17, 15) is 4.79 Å². The summed E-state index contributed by atoms with van der Waals surface area (Å²) in [6, 6.07) is 24.7. The molecule has 0 radical (unpaired) electrons. The summed E-state index contributed by atoms with van der Waals surface area (Å²) in [7, 11) is 0. The maximum Gasteiger partial charge on any atom is 0.251 e. The van der Waals surface area contributed by atoms with Crippen molar-refractivity contribution in [3.05, 3.63) is 96.3 Å². The van der Waals surface area contributed by atoms with Gasteiger partial charge in [-0.15, -0.1) is 0 Å². The van der Waals surface area contributed by atoms with E-state index in [0.29, 0.717) is 23.7 Å². The van der Waals surface area contributed by atoms with E-state index in [0.717, 1.165) is 28.3 Å². The number of benzene rings is 3. The first-order chi connectivity index (χ1) is 15.7. The number of nitrogens with one attached hydrogen (secondary N) is 2. The van der Waals surface area contributed by atoms with Gasteiger partial charge in [-0.25, -0.2) is 9.97 Å². The minimum atomic E-state index is -0.168. The van der Waals surface area contributed by atoms with E-state index in [4.69, 9.17) is 9.47 Å². The highest BCUT2D eigenvalue weighted by molar-refractivity contribution is 5.95. The minimum Gasteiger partial charge on any atom is -0.454 e. The van der Waals surface area contributed by atoms with Crippen molar-refractivity contribution < 1.29 is 14.3 Å². The molecule has 0 fully saturated rings. The van der Waals surface area contributed by atoms with Crippen LogP contribution in [0.5, 0.6) is 11.5 Å². The second-order valence-corrected chi connectivity index (χ2v) is 7.23. The highest BCUT2D eigenvalue weighted by Crippen LogP contribution is 2.32. The molecule has 0 atom stereocenters. The molecule has 1 aliphatic rings. The Balaban J connectivity index is 1.26. The van der Waals surface area contributed by atoms with Crippen LogP contribution >= 0.6 is 0 Å². The molecule has 0 spiro atoms. The molecule has 0 saturated heterocycles. The lowest BCUT2D eigenvalue weighted by atomic mass is 10.1. The second kappa shape index (κ2) is 8.77. The van der Waals surface area contributed by atoms with Gasteiger partial charge in [-0.05, 0) is 35.9 Å². The molecule has 1 aliphatic heterocycles. The van der Waals surface area contributed by atoms with Gasteiger partial charge in [0.1, 0.15) is 12.1 Å². The van der Waals surface area contributed by atoms with Crippen LogP contribution in [-0.2, 0) is 6.54 Å². The van der Waals surface area contributed by atoms with Crippen LogP contribution in [0.2, 0.25) is 0 Å². The Morgan fingerprint density at radius 2 is 1.75 bits per heavy atom. The fraction of sp³-hybridized carbons (Fsp3) is 0.0800. The fourth-order valence-electron chi connectivity index (χ4n) is 3.41. The SMILES string of the molecule is O=C(NCc1ccc2c(c1)OCO2)c1cccc(Nc2cc(-c3ccccc3)ncn2)c1. The van der Waals surface area contributed by atoms with E-state index in [1.807, 2.05) is 66.7 Å². The lowest BCUT2D eigenvalue weighted by molar-refractivity contribution is 0.0951. The molecule has 0 bridgehead atoms. The average Bonchev–Trinajstić information content (AvgIpc) is 3.31. The van der Waals surface area contributed by atoms with Crippen LogP contribution in [0.3, 0.4) is 0 Å². The molecule has 32 heavy (non-hydrogen) atoms. The van der Waals surface area contributed by atoms with Gasteiger partial charge in [0.05, 0.1) is 5.69 Å². The van der Waals surface area contributed by atoms with Crippen molar-refractivity contribution in [2.45, 2.75) is 6.54 Å². The average molecular weight is 424 g/mol. The molecule has 1 amide bonds. The number of amides is 1. The molecule has 158 valence electrons. The predicted molar refractivity (Wildman–Crippen MR) is 121 cm³/mol. The number of ether oxygens (including phenoxy) is 2. The highest BCUT2D eigenvalue weighted by atomic mass is 16.7. The van der Waals surface area contributed by atoms with Crippen molar-refractivity contribution in [2.75, 3.05) is 12.1 Å². The first kappa shape index (κ1) is 19.6. The largest absolute Gasteiger partial charge is 0.454 e. The quantitative estimate of drug-likeness (QED) is 0.473. The van der Waals surface area contributed by atoms with Crippen LogP contribution in [0.25, 0.3) is 11.3 Å². The Hall–Kier alpha value is -4.39. The Morgan fingerprint density at radius 3 is 2.66 bits per heavy atom. The molecule has 0 unspecified atom stereocenters. The Labute approximate surface area is 185 Å². The zero-order valence-electron chi connectivity index (χ0n) is 17.1. The van der Waals surface area contributed by atoms with Crippen LogP contribution in [-0.4, -0.2) is 22.7 Å². The van der Waals surface area contributed by atoms with Crippen molar-refractivity contribution >= 4 is 17.4 Å². The molecule has 2 N–H and O–H groups in total. The highest BCUT2D eigenvalue weighted by Gasteiger charge is 2.14. The number of rotatable bonds is 6. The fourth-order valence-corrected chi connectivity index (χ4v) is 3.41. The van der Waals surface area contributed by atoms with E-state index < -0.39 is 0 Å². The van der Waals surface area contributed by atoms with Crippen LogP contribution in [0.1, 0.15) is 15.9 Å². The topological polar surface area (TPSA) is 85.4 Å². The van der Waals surface area contributed by atoms with Crippen LogP contribution in [0.4, 0.5) is 11.5 Å². The zero-order chi connectivity index (χ0) is 21.8.